The van der Waals surface area contributed by atoms with Crippen molar-refractivity contribution in [1.82, 2.24) is 0 Å². The first kappa shape index (κ1) is 31.9. The fraction of sp³-hybridized carbons (Fsp3) is 0.821. The Morgan fingerprint density at radius 3 is 2.11 bits per heavy atom. The molecule has 0 aromatic heterocycles. The minimum atomic E-state index is -1.26. The van der Waals surface area contributed by atoms with E-state index >= 15 is 0 Å². The van der Waals surface area contributed by atoms with Crippen LogP contribution in [0.2, 0.25) is 0 Å². The molecule has 0 radical (unpaired) electrons. The number of ether oxygens (including phenoxy) is 3. The Morgan fingerprint density at radius 2 is 1.59 bits per heavy atom. The molecule has 37 heavy (non-hydrogen) atoms. The summed E-state index contributed by atoms with van der Waals surface area (Å²) in [5, 5.41) is 0. The Balaban J connectivity index is 2.69. The van der Waals surface area contributed by atoms with Crippen LogP contribution >= 0.6 is 22.6 Å². The van der Waals surface area contributed by atoms with Crippen molar-refractivity contribution >= 4 is 49.9 Å². The number of hydrogen-bond acceptors (Lipinski definition) is 8. The summed E-state index contributed by atoms with van der Waals surface area (Å²) in [6, 6.07) is 0. The van der Waals surface area contributed by atoms with Crippen molar-refractivity contribution in [2.24, 2.45) is 46.8 Å². The van der Waals surface area contributed by atoms with Gasteiger partial charge in [-0.1, -0.05) is 41.5 Å². The van der Waals surface area contributed by atoms with Crippen molar-refractivity contribution in [2.75, 3.05) is 13.7 Å². The van der Waals surface area contributed by atoms with Gasteiger partial charge in [0.25, 0.3) is 0 Å². The number of carbonyl (C=O) groups is 5. The van der Waals surface area contributed by atoms with Gasteiger partial charge < -0.3 is 14.2 Å². The number of esters is 2. The first-order valence-electron chi connectivity index (χ1n) is 13.3. The largest absolute Gasteiger partial charge is 0.458 e. The Kier molecular flexibility index (Phi) is 10.5. The second-order valence-electron chi connectivity index (χ2n) is 11.5. The highest BCUT2D eigenvalue weighted by Gasteiger charge is 2.60. The third-order valence-corrected chi connectivity index (χ3v) is 10.5. The highest BCUT2D eigenvalue weighted by atomic mass is 127. The number of carbonyl (C=O) groups excluding carboxylic acids is 5. The van der Waals surface area contributed by atoms with E-state index in [1.54, 1.807) is 64.3 Å². The van der Waals surface area contributed by atoms with Crippen LogP contribution in [-0.2, 0) is 38.2 Å². The molecule has 0 saturated carbocycles. The summed E-state index contributed by atoms with van der Waals surface area (Å²) in [7, 11) is 1.54. The smallest absolute Gasteiger partial charge is 0.316 e. The fourth-order valence-corrected chi connectivity index (χ4v) is 7.25. The number of Topliss-reactive ketones (excluding diaryl/α,β-unsaturated/α-hetero) is 2. The maximum absolute atomic E-state index is 13.9. The lowest BCUT2D eigenvalue weighted by molar-refractivity contribution is -0.183. The lowest BCUT2D eigenvalue weighted by atomic mass is 9.63. The number of hydrogen-bond donors (Lipinski definition) is 0. The highest BCUT2D eigenvalue weighted by Crippen LogP contribution is 2.49. The summed E-state index contributed by atoms with van der Waals surface area (Å²) in [6.07, 6.45) is 0.125. The number of cyclic esters (lactones) is 1. The third-order valence-electron chi connectivity index (χ3n) is 9.26. The molecule has 0 aromatic rings. The van der Waals surface area contributed by atoms with Gasteiger partial charge in [-0.15, -0.1) is 0 Å². The molecular formula is C28H43IO8. The molecule has 2 saturated heterocycles. The van der Waals surface area contributed by atoms with Gasteiger partial charge in [0, 0.05) is 65.4 Å². The molecule has 10 atom stereocenters. The van der Waals surface area contributed by atoms with Crippen LogP contribution in [-0.4, -0.2) is 52.7 Å². The molecule has 210 valence electrons. The molecule has 2 rings (SSSR count). The number of halogens is 1. The van der Waals surface area contributed by atoms with Crippen LogP contribution in [0.1, 0.15) is 74.7 Å². The minimum Gasteiger partial charge on any atom is -0.458 e. The van der Waals surface area contributed by atoms with Gasteiger partial charge in [0.1, 0.15) is 23.6 Å². The summed E-state index contributed by atoms with van der Waals surface area (Å²) in [6.45, 7) is 14.3. The molecule has 0 N–H and O–H groups in total. The van der Waals surface area contributed by atoms with Gasteiger partial charge in [-0.25, -0.2) is 0 Å². The summed E-state index contributed by atoms with van der Waals surface area (Å²) in [5.74, 6) is -5.93. The van der Waals surface area contributed by atoms with Gasteiger partial charge in [0.05, 0.1) is 5.92 Å². The molecule has 2 fully saturated rings. The van der Waals surface area contributed by atoms with Crippen LogP contribution in [0, 0.1) is 46.8 Å². The number of rotatable bonds is 5. The molecule has 0 aliphatic carbocycles. The van der Waals surface area contributed by atoms with Gasteiger partial charge in [0.2, 0.25) is 0 Å². The van der Waals surface area contributed by atoms with Crippen LogP contribution in [0.25, 0.3) is 0 Å². The van der Waals surface area contributed by atoms with Gasteiger partial charge in [0.15, 0.2) is 9.39 Å². The van der Waals surface area contributed by atoms with E-state index < -0.39 is 70.5 Å². The van der Waals surface area contributed by atoms with Crippen molar-refractivity contribution in [3.63, 3.8) is 0 Å². The topological polar surface area (TPSA) is 113 Å². The Labute approximate surface area is 234 Å². The van der Waals surface area contributed by atoms with Crippen molar-refractivity contribution in [3.05, 3.63) is 0 Å². The lowest BCUT2D eigenvalue weighted by Gasteiger charge is -2.42. The van der Waals surface area contributed by atoms with Crippen LogP contribution in [0.5, 0.6) is 0 Å². The van der Waals surface area contributed by atoms with Crippen molar-refractivity contribution < 1.29 is 38.2 Å². The van der Waals surface area contributed by atoms with E-state index in [9.17, 15) is 24.0 Å². The maximum Gasteiger partial charge on any atom is 0.316 e. The molecular weight excluding hydrogens is 591 g/mol. The average molecular weight is 635 g/mol. The normalized spacial score (nSPS) is 42.0. The molecule has 1 unspecified atom stereocenters. The number of methoxy groups -OCH3 is 1. The summed E-state index contributed by atoms with van der Waals surface area (Å²) < 4.78 is 16.9. The second kappa shape index (κ2) is 12.2. The van der Waals surface area contributed by atoms with Gasteiger partial charge >= 0.3 is 11.9 Å². The quantitative estimate of drug-likeness (QED) is 0.187. The van der Waals surface area contributed by atoms with Crippen LogP contribution in [0.3, 0.4) is 0 Å². The number of ketones is 2. The molecule has 9 heteroatoms. The Bertz CT molecular complexity index is 918. The van der Waals surface area contributed by atoms with Crippen LogP contribution in [0.15, 0.2) is 0 Å². The first-order chi connectivity index (χ1) is 17.1. The molecule has 8 nitrogen and oxygen atoms in total. The highest BCUT2D eigenvalue weighted by molar-refractivity contribution is 14.1. The van der Waals surface area contributed by atoms with Crippen molar-refractivity contribution in [2.45, 2.75) is 86.4 Å². The van der Waals surface area contributed by atoms with Crippen LogP contribution in [0.4, 0.5) is 0 Å². The fourth-order valence-electron chi connectivity index (χ4n) is 6.54. The summed E-state index contributed by atoms with van der Waals surface area (Å²) in [4.78, 5) is 66.6. The molecule has 0 spiro atoms. The molecule has 0 aromatic carbocycles. The second-order valence-corrected chi connectivity index (χ2v) is 12.5. The average Bonchev–Trinajstić information content (AvgIpc) is 3.11. The van der Waals surface area contributed by atoms with E-state index in [0.717, 1.165) is 0 Å². The molecule has 0 bridgehead atoms. The van der Waals surface area contributed by atoms with E-state index in [-0.39, 0.29) is 21.8 Å². The molecule has 2 aliphatic heterocycles. The van der Waals surface area contributed by atoms with E-state index in [2.05, 4.69) is 0 Å². The summed E-state index contributed by atoms with van der Waals surface area (Å²) >= 11 is 1.75. The molecule has 0 amide bonds. The number of fused-ring (bicyclic) bond motifs is 1. The zero-order valence-corrected chi connectivity index (χ0v) is 25.7. The minimum absolute atomic E-state index is 0.0846. The zero-order valence-electron chi connectivity index (χ0n) is 23.6. The maximum atomic E-state index is 13.9. The predicted molar refractivity (Wildman–Crippen MR) is 146 cm³/mol. The Morgan fingerprint density at radius 1 is 1.00 bits per heavy atom. The molecule has 2 aliphatic rings. The zero-order chi connectivity index (χ0) is 28.5. The predicted octanol–water partition coefficient (Wildman–Crippen LogP) is 4.58. The molecule has 2 heterocycles. The SMILES string of the molecule is CC[C@H]1OC(=O)[C@H](C)C(=O)[C@H](C)[C@@H](C)[C@](C)(C(=O)I)C[C@@H](C)C(=O)[C@H](C)[C@H]2C(CCOC)C(=O)O[C@@]21C. The van der Waals surface area contributed by atoms with E-state index in [1.165, 1.54) is 6.92 Å². The van der Waals surface area contributed by atoms with Crippen molar-refractivity contribution in [3.8, 4) is 0 Å². The van der Waals surface area contributed by atoms with Gasteiger partial charge in [-0.05, 0) is 39.0 Å². The van der Waals surface area contributed by atoms with Crippen molar-refractivity contribution in [1.29, 1.82) is 0 Å². The lowest BCUT2D eigenvalue weighted by Crippen LogP contribution is -2.52. The standard InChI is InChI=1S/C28H43IO8/c1-10-20-28(8)21(19(11-12-35-9)25(33)37-28)16(4)22(30)14(2)13-27(7,26(29)34)18(6)15(3)23(31)17(5)24(32)36-20/h14-21H,10-13H2,1-9H3/t14-,15-,16-,17-,18-,19?,20-,21+,27-,28-/m1/s1. The van der Waals surface area contributed by atoms with E-state index in [4.69, 9.17) is 14.2 Å². The Hall–Kier alpha value is -1.36. The van der Waals surface area contributed by atoms with Gasteiger partial charge in [-0.2, -0.15) is 0 Å². The van der Waals surface area contributed by atoms with E-state index in [0.29, 0.717) is 19.4 Å². The summed E-state index contributed by atoms with van der Waals surface area (Å²) in [5.41, 5.74) is -2.23. The third kappa shape index (κ3) is 5.97. The van der Waals surface area contributed by atoms with Gasteiger partial charge in [-0.3, -0.25) is 24.0 Å². The monoisotopic (exact) mass is 634 g/mol. The first-order valence-corrected chi connectivity index (χ1v) is 14.4. The van der Waals surface area contributed by atoms with E-state index in [1.807, 2.05) is 13.8 Å². The van der Waals surface area contributed by atoms with Crippen LogP contribution < -0.4 is 0 Å².